The molecule has 0 aromatic heterocycles. The van der Waals surface area contributed by atoms with E-state index in [4.69, 9.17) is 0 Å². The van der Waals surface area contributed by atoms with Crippen LogP contribution in [-0.4, -0.2) is 0 Å². The van der Waals surface area contributed by atoms with Gasteiger partial charge in [-0.1, -0.05) is 137 Å². The second-order valence-corrected chi connectivity index (χ2v) is 14.4. The van der Waals surface area contributed by atoms with Gasteiger partial charge in [0.1, 0.15) is 0 Å². The molecule has 2 aromatic carbocycles. The van der Waals surface area contributed by atoms with Crippen LogP contribution in [0.15, 0.2) is 59.7 Å². The standard InChI is InChI=1S/C35H48/c1-12-19-34(8,9)25-13-14-26(20-25)35(10,11)31-27-17-15-23(32(2,3)4)21-29(27)30-22-24(33(5,6)7)16-18-28(30)31/h13,15-18,20-22,31H,12,14,19H2,1-11H3. The van der Waals surface area contributed by atoms with Crippen LogP contribution in [0.1, 0.15) is 124 Å². The molecule has 2 aliphatic rings. The van der Waals surface area contributed by atoms with Gasteiger partial charge in [-0.3, -0.25) is 0 Å². The molecule has 0 unspecified atom stereocenters. The molecule has 2 aromatic rings. The van der Waals surface area contributed by atoms with Crippen molar-refractivity contribution >= 4 is 0 Å². The van der Waals surface area contributed by atoms with Gasteiger partial charge in [0.2, 0.25) is 0 Å². The van der Waals surface area contributed by atoms with Crippen LogP contribution in [0.5, 0.6) is 0 Å². The molecule has 0 heteroatoms. The minimum Gasteiger partial charge on any atom is -0.0767 e. The van der Waals surface area contributed by atoms with E-state index in [1.807, 2.05) is 0 Å². The molecule has 0 aliphatic heterocycles. The highest BCUT2D eigenvalue weighted by Gasteiger charge is 2.43. The van der Waals surface area contributed by atoms with Crippen LogP contribution in [0.4, 0.5) is 0 Å². The van der Waals surface area contributed by atoms with Gasteiger partial charge in [-0.2, -0.15) is 0 Å². The van der Waals surface area contributed by atoms with E-state index in [0.29, 0.717) is 5.92 Å². The van der Waals surface area contributed by atoms with E-state index in [9.17, 15) is 0 Å². The van der Waals surface area contributed by atoms with E-state index in [2.05, 4.69) is 125 Å². The van der Waals surface area contributed by atoms with E-state index in [0.717, 1.165) is 6.42 Å². The second-order valence-electron chi connectivity index (χ2n) is 14.4. The summed E-state index contributed by atoms with van der Waals surface area (Å²) in [6, 6.07) is 14.7. The van der Waals surface area contributed by atoms with Crippen molar-refractivity contribution in [1.82, 2.24) is 0 Å². The van der Waals surface area contributed by atoms with Gasteiger partial charge in [0.25, 0.3) is 0 Å². The summed E-state index contributed by atoms with van der Waals surface area (Å²) in [5.41, 5.74) is 12.5. The molecular formula is C35H48. The summed E-state index contributed by atoms with van der Waals surface area (Å²) in [5, 5.41) is 0. The largest absolute Gasteiger partial charge is 0.0767 e. The van der Waals surface area contributed by atoms with Gasteiger partial charge in [0, 0.05) is 5.92 Å². The molecule has 0 saturated heterocycles. The molecule has 0 atom stereocenters. The van der Waals surface area contributed by atoms with Crippen molar-refractivity contribution in [2.24, 2.45) is 10.8 Å². The molecule has 0 heterocycles. The Morgan fingerprint density at radius 3 is 1.63 bits per heavy atom. The summed E-state index contributed by atoms with van der Waals surface area (Å²) in [4.78, 5) is 0. The predicted molar refractivity (Wildman–Crippen MR) is 154 cm³/mol. The summed E-state index contributed by atoms with van der Waals surface area (Å²) in [6.07, 6.45) is 8.61. The van der Waals surface area contributed by atoms with Crippen molar-refractivity contribution < 1.29 is 0 Å². The Bertz CT molecular complexity index is 1120. The molecular weight excluding hydrogens is 420 g/mol. The number of hydrogen-bond donors (Lipinski definition) is 0. The highest BCUT2D eigenvalue weighted by molar-refractivity contribution is 5.81. The lowest BCUT2D eigenvalue weighted by atomic mass is 9.68. The second kappa shape index (κ2) is 8.50. The third-order valence-corrected chi connectivity index (χ3v) is 8.83. The summed E-state index contributed by atoms with van der Waals surface area (Å²) < 4.78 is 0. The van der Waals surface area contributed by atoms with Gasteiger partial charge in [0.05, 0.1) is 0 Å². The maximum Gasteiger partial charge on any atom is 0.0190 e. The van der Waals surface area contributed by atoms with Crippen LogP contribution in [-0.2, 0) is 10.8 Å². The fraction of sp³-hybridized carbons (Fsp3) is 0.543. The Kier molecular flexibility index (Phi) is 6.31. The Morgan fingerprint density at radius 1 is 0.714 bits per heavy atom. The number of allylic oxidation sites excluding steroid dienone is 4. The van der Waals surface area contributed by atoms with Gasteiger partial charge in [-0.05, 0) is 73.5 Å². The normalized spacial score (nSPS) is 16.8. The number of hydrogen-bond acceptors (Lipinski definition) is 0. The van der Waals surface area contributed by atoms with Crippen molar-refractivity contribution in [3.05, 3.63) is 82.0 Å². The number of rotatable bonds is 5. The predicted octanol–water partition coefficient (Wildman–Crippen LogP) is 10.5. The van der Waals surface area contributed by atoms with Crippen LogP contribution in [0.25, 0.3) is 11.1 Å². The van der Waals surface area contributed by atoms with Crippen LogP contribution < -0.4 is 0 Å². The minimum atomic E-state index is 0.0487. The summed E-state index contributed by atoms with van der Waals surface area (Å²) in [5.74, 6) is 0.379. The number of fused-ring (bicyclic) bond motifs is 3. The minimum absolute atomic E-state index is 0.0487. The smallest absolute Gasteiger partial charge is 0.0190 e. The molecule has 0 saturated carbocycles. The van der Waals surface area contributed by atoms with E-state index >= 15 is 0 Å². The lowest BCUT2D eigenvalue weighted by Gasteiger charge is -2.36. The van der Waals surface area contributed by atoms with Crippen molar-refractivity contribution in [2.75, 3.05) is 0 Å². The van der Waals surface area contributed by atoms with Gasteiger partial charge in [-0.15, -0.1) is 0 Å². The average Bonchev–Trinajstić information content (AvgIpc) is 3.36. The third kappa shape index (κ3) is 4.59. The summed E-state index contributed by atoms with van der Waals surface area (Å²) >= 11 is 0. The first-order chi connectivity index (χ1) is 16.1. The number of benzene rings is 2. The molecule has 0 amide bonds. The maximum absolute atomic E-state index is 2.56. The first kappa shape index (κ1) is 26.0. The molecule has 0 radical (unpaired) electrons. The van der Waals surface area contributed by atoms with Crippen LogP contribution in [0.3, 0.4) is 0 Å². The van der Waals surface area contributed by atoms with E-state index in [-0.39, 0.29) is 21.7 Å². The summed E-state index contributed by atoms with van der Waals surface area (Å²) in [6.45, 7) is 26.1. The average molecular weight is 469 g/mol. The monoisotopic (exact) mass is 468 g/mol. The lowest BCUT2D eigenvalue weighted by Crippen LogP contribution is -2.24. The van der Waals surface area contributed by atoms with Gasteiger partial charge < -0.3 is 0 Å². The zero-order chi connectivity index (χ0) is 26.0. The van der Waals surface area contributed by atoms with Gasteiger partial charge >= 0.3 is 0 Å². The molecule has 0 fully saturated rings. The van der Waals surface area contributed by atoms with Crippen molar-refractivity contribution in [3.63, 3.8) is 0 Å². The van der Waals surface area contributed by atoms with E-state index < -0.39 is 0 Å². The maximum atomic E-state index is 2.56. The van der Waals surface area contributed by atoms with E-state index in [1.165, 1.54) is 51.8 Å². The first-order valence-electron chi connectivity index (χ1n) is 13.8. The lowest BCUT2D eigenvalue weighted by molar-refractivity contribution is 0.386. The molecule has 0 N–H and O–H groups in total. The van der Waals surface area contributed by atoms with Crippen LogP contribution in [0.2, 0.25) is 0 Å². The SMILES string of the molecule is CCCC(C)(C)C1=CCC(C(C)(C)C2c3ccc(C(C)(C)C)cc3-c3cc(C(C)(C)C)ccc32)=C1. The topological polar surface area (TPSA) is 0 Å². The summed E-state index contributed by atoms with van der Waals surface area (Å²) in [7, 11) is 0. The Labute approximate surface area is 215 Å². The van der Waals surface area contributed by atoms with E-state index in [1.54, 1.807) is 5.57 Å². The quantitative estimate of drug-likeness (QED) is 0.409. The van der Waals surface area contributed by atoms with Gasteiger partial charge in [-0.25, -0.2) is 0 Å². The highest BCUT2D eigenvalue weighted by Crippen LogP contribution is 2.58. The van der Waals surface area contributed by atoms with Crippen molar-refractivity contribution in [2.45, 2.75) is 112 Å². The fourth-order valence-corrected chi connectivity index (χ4v) is 6.36. The zero-order valence-electron chi connectivity index (χ0n) is 24.3. The fourth-order valence-electron chi connectivity index (χ4n) is 6.36. The first-order valence-corrected chi connectivity index (χ1v) is 13.8. The molecule has 0 bridgehead atoms. The zero-order valence-corrected chi connectivity index (χ0v) is 24.3. The van der Waals surface area contributed by atoms with Crippen molar-refractivity contribution in [1.29, 1.82) is 0 Å². The molecule has 2 aliphatic carbocycles. The Balaban J connectivity index is 1.86. The Hall–Kier alpha value is -2.08. The van der Waals surface area contributed by atoms with Crippen LogP contribution in [0, 0.1) is 10.8 Å². The molecule has 4 rings (SSSR count). The Morgan fingerprint density at radius 2 is 1.20 bits per heavy atom. The van der Waals surface area contributed by atoms with Crippen molar-refractivity contribution in [3.8, 4) is 11.1 Å². The molecule has 35 heavy (non-hydrogen) atoms. The molecule has 188 valence electrons. The molecule has 0 nitrogen and oxygen atoms in total. The highest BCUT2D eigenvalue weighted by atomic mass is 14.5. The molecule has 0 spiro atoms. The van der Waals surface area contributed by atoms with Gasteiger partial charge in [0.15, 0.2) is 0 Å². The third-order valence-electron chi connectivity index (χ3n) is 8.83. The van der Waals surface area contributed by atoms with Crippen LogP contribution >= 0.6 is 0 Å².